The highest BCUT2D eigenvalue weighted by Crippen LogP contribution is 2.19. The van der Waals surface area contributed by atoms with Gasteiger partial charge in [-0.3, -0.25) is 0 Å². The van der Waals surface area contributed by atoms with Crippen LogP contribution >= 0.6 is 11.8 Å². The molecule has 92 valence electrons. The summed E-state index contributed by atoms with van der Waals surface area (Å²) in [7, 11) is -2.90. The summed E-state index contributed by atoms with van der Waals surface area (Å²) >= 11 is 1.51. The van der Waals surface area contributed by atoms with Gasteiger partial charge in [0.1, 0.15) is 9.84 Å². The van der Waals surface area contributed by atoms with Gasteiger partial charge in [0.2, 0.25) is 0 Å². The molecular formula is C12H15NO2S2. The summed E-state index contributed by atoms with van der Waals surface area (Å²) in [5.41, 5.74) is 0.988. The van der Waals surface area contributed by atoms with Crippen LogP contribution < -0.4 is 0 Å². The summed E-state index contributed by atoms with van der Waals surface area (Å²) in [6.45, 7) is 0. The number of hydrogen-bond donors (Lipinski definition) is 0. The van der Waals surface area contributed by atoms with Crippen LogP contribution in [0, 0.1) is 11.3 Å². The maximum Gasteiger partial charge on any atom is 0.148 e. The van der Waals surface area contributed by atoms with Crippen molar-refractivity contribution < 1.29 is 8.42 Å². The van der Waals surface area contributed by atoms with E-state index in [2.05, 4.69) is 6.07 Å². The van der Waals surface area contributed by atoms with Gasteiger partial charge in [0.15, 0.2) is 0 Å². The summed E-state index contributed by atoms with van der Waals surface area (Å²) < 4.78 is 21.9. The number of sulfone groups is 1. The fourth-order valence-electron chi connectivity index (χ4n) is 1.30. The Hall–Kier alpha value is -0.990. The molecule has 0 radical (unpaired) electrons. The van der Waals surface area contributed by atoms with Crippen LogP contribution in [0.1, 0.15) is 11.5 Å². The van der Waals surface area contributed by atoms with Gasteiger partial charge in [0, 0.05) is 17.8 Å². The van der Waals surface area contributed by atoms with Crippen molar-refractivity contribution in [3.05, 3.63) is 35.9 Å². The predicted octanol–water partition coefficient (Wildman–Crippen LogP) is 2.07. The molecule has 1 unspecified atom stereocenters. The topological polar surface area (TPSA) is 57.9 Å². The van der Waals surface area contributed by atoms with Crippen LogP contribution in [0.2, 0.25) is 0 Å². The van der Waals surface area contributed by atoms with Crippen LogP contribution in [-0.2, 0) is 9.84 Å². The second-order valence-corrected chi connectivity index (χ2v) is 7.21. The van der Waals surface area contributed by atoms with Gasteiger partial charge in [-0.1, -0.05) is 30.3 Å². The number of hydrogen-bond acceptors (Lipinski definition) is 4. The minimum absolute atomic E-state index is 0.166. The van der Waals surface area contributed by atoms with Crippen LogP contribution in [0.25, 0.3) is 0 Å². The molecule has 5 heteroatoms. The van der Waals surface area contributed by atoms with Gasteiger partial charge in [0.25, 0.3) is 0 Å². The average molecular weight is 269 g/mol. The van der Waals surface area contributed by atoms with Gasteiger partial charge >= 0.3 is 0 Å². The zero-order chi connectivity index (χ0) is 12.7. The summed E-state index contributed by atoms with van der Waals surface area (Å²) in [5, 5.41) is 9.06. The lowest BCUT2D eigenvalue weighted by Gasteiger charge is -2.08. The second kappa shape index (κ2) is 6.67. The number of benzene rings is 1. The van der Waals surface area contributed by atoms with Crippen molar-refractivity contribution in [1.29, 1.82) is 5.26 Å². The van der Waals surface area contributed by atoms with E-state index in [0.29, 0.717) is 11.5 Å². The van der Waals surface area contributed by atoms with Crippen LogP contribution in [-0.4, -0.2) is 31.9 Å². The largest absolute Gasteiger partial charge is 0.229 e. The van der Waals surface area contributed by atoms with Gasteiger partial charge in [-0.15, -0.1) is 0 Å². The van der Waals surface area contributed by atoms with Crippen LogP contribution in [0.3, 0.4) is 0 Å². The Morgan fingerprint density at radius 2 is 2.00 bits per heavy atom. The lowest BCUT2D eigenvalue weighted by Crippen LogP contribution is -2.07. The molecule has 0 saturated heterocycles. The lowest BCUT2D eigenvalue weighted by molar-refractivity contribution is 0.603. The summed E-state index contributed by atoms with van der Waals surface area (Å²) in [6, 6.07) is 11.8. The first-order valence-electron chi connectivity index (χ1n) is 5.23. The highest BCUT2D eigenvalue weighted by Gasteiger charge is 2.10. The zero-order valence-corrected chi connectivity index (χ0v) is 11.3. The van der Waals surface area contributed by atoms with Crippen molar-refractivity contribution in [3.8, 4) is 6.07 Å². The molecule has 0 heterocycles. The summed E-state index contributed by atoms with van der Waals surface area (Å²) in [4.78, 5) is 0. The summed E-state index contributed by atoms with van der Waals surface area (Å²) in [5.74, 6) is 1.19. The van der Waals surface area contributed by atoms with Crippen LogP contribution in [0.4, 0.5) is 0 Å². The van der Waals surface area contributed by atoms with E-state index in [-0.39, 0.29) is 11.7 Å². The molecule has 1 aromatic carbocycles. The molecule has 1 aromatic rings. The minimum Gasteiger partial charge on any atom is -0.229 e. The third-order valence-corrected chi connectivity index (χ3v) is 4.51. The highest BCUT2D eigenvalue weighted by molar-refractivity contribution is 8.00. The standard InChI is InChI=1S/C12H15NO2S2/c1-17(14,15)8-7-16-10-12(9-13)11-5-3-2-4-6-11/h2-6,12H,7-8,10H2,1H3. The number of thioether (sulfide) groups is 1. The molecule has 0 N–H and O–H groups in total. The van der Waals surface area contributed by atoms with Crippen LogP contribution in [0.5, 0.6) is 0 Å². The SMILES string of the molecule is CS(=O)(=O)CCSCC(C#N)c1ccccc1. The molecule has 0 saturated carbocycles. The first-order chi connectivity index (χ1) is 8.03. The molecule has 0 aromatic heterocycles. The van der Waals surface area contributed by atoms with Crippen molar-refractivity contribution in [1.82, 2.24) is 0 Å². The van der Waals surface area contributed by atoms with E-state index in [1.807, 2.05) is 30.3 Å². The molecule has 0 fully saturated rings. The quantitative estimate of drug-likeness (QED) is 0.742. The third kappa shape index (κ3) is 5.76. The van der Waals surface area contributed by atoms with Crippen LogP contribution in [0.15, 0.2) is 30.3 Å². The van der Waals surface area contributed by atoms with Gasteiger partial charge in [0.05, 0.1) is 17.7 Å². The lowest BCUT2D eigenvalue weighted by atomic mass is 10.0. The Kier molecular flexibility index (Phi) is 5.52. The van der Waals surface area contributed by atoms with E-state index in [1.165, 1.54) is 18.0 Å². The van der Waals surface area contributed by atoms with Gasteiger partial charge < -0.3 is 0 Å². The molecule has 0 aliphatic heterocycles. The minimum atomic E-state index is -2.90. The monoisotopic (exact) mass is 269 g/mol. The molecule has 1 atom stereocenters. The van der Waals surface area contributed by atoms with Crippen molar-refractivity contribution in [2.75, 3.05) is 23.5 Å². The van der Waals surface area contributed by atoms with E-state index in [1.54, 1.807) is 0 Å². The Labute approximate surface area is 107 Å². The van der Waals surface area contributed by atoms with Gasteiger partial charge in [-0.2, -0.15) is 17.0 Å². The van der Waals surface area contributed by atoms with E-state index in [4.69, 9.17) is 5.26 Å². The Bertz CT molecular complexity index is 477. The summed E-state index contributed by atoms with van der Waals surface area (Å²) in [6.07, 6.45) is 1.23. The maximum atomic E-state index is 10.9. The first-order valence-corrected chi connectivity index (χ1v) is 8.44. The molecule has 0 bridgehead atoms. The number of rotatable bonds is 6. The molecule has 0 amide bonds. The fraction of sp³-hybridized carbons (Fsp3) is 0.417. The van der Waals surface area contributed by atoms with E-state index in [0.717, 1.165) is 5.56 Å². The third-order valence-electron chi connectivity index (χ3n) is 2.24. The first kappa shape index (κ1) is 14.1. The fourth-order valence-corrected chi connectivity index (χ4v) is 3.66. The van der Waals surface area contributed by atoms with Crippen molar-refractivity contribution in [2.45, 2.75) is 5.92 Å². The zero-order valence-electron chi connectivity index (χ0n) is 9.67. The van der Waals surface area contributed by atoms with E-state index < -0.39 is 9.84 Å². The molecule has 0 aliphatic carbocycles. The normalized spacial score (nSPS) is 12.9. The van der Waals surface area contributed by atoms with Gasteiger partial charge in [-0.05, 0) is 5.56 Å². The van der Waals surface area contributed by atoms with Gasteiger partial charge in [-0.25, -0.2) is 8.42 Å². The van der Waals surface area contributed by atoms with E-state index in [9.17, 15) is 8.42 Å². The number of nitrogens with zero attached hydrogens (tertiary/aromatic N) is 1. The number of nitriles is 1. The molecule has 17 heavy (non-hydrogen) atoms. The Morgan fingerprint density at radius 3 is 2.53 bits per heavy atom. The predicted molar refractivity (Wildman–Crippen MR) is 71.8 cm³/mol. The van der Waals surface area contributed by atoms with Crippen molar-refractivity contribution in [3.63, 3.8) is 0 Å². The highest BCUT2D eigenvalue weighted by atomic mass is 32.2. The molecule has 0 aliphatic rings. The molecule has 3 nitrogen and oxygen atoms in total. The Morgan fingerprint density at radius 1 is 1.35 bits per heavy atom. The second-order valence-electron chi connectivity index (χ2n) is 3.80. The van der Waals surface area contributed by atoms with E-state index >= 15 is 0 Å². The Balaban J connectivity index is 2.43. The average Bonchev–Trinajstić information content (AvgIpc) is 2.29. The smallest absolute Gasteiger partial charge is 0.148 e. The molecule has 0 spiro atoms. The van der Waals surface area contributed by atoms with Crippen molar-refractivity contribution >= 4 is 21.6 Å². The van der Waals surface area contributed by atoms with Crippen molar-refractivity contribution in [2.24, 2.45) is 0 Å². The maximum absolute atomic E-state index is 10.9. The molecule has 1 rings (SSSR count). The molecular weight excluding hydrogens is 254 g/mol.